The van der Waals surface area contributed by atoms with E-state index in [9.17, 15) is 19.5 Å². The minimum Gasteiger partial charge on any atom is -0.508 e. The van der Waals surface area contributed by atoms with Crippen LogP contribution in [0.4, 0.5) is 5.69 Å². The van der Waals surface area contributed by atoms with Crippen molar-refractivity contribution in [2.24, 2.45) is 5.92 Å². The average Bonchev–Trinajstić information content (AvgIpc) is 3.19. The van der Waals surface area contributed by atoms with Gasteiger partial charge in [-0.05, 0) is 36.8 Å². The maximum absolute atomic E-state index is 12.6. The molecule has 1 aliphatic rings. The molecule has 0 saturated carbocycles. The highest BCUT2D eigenvalue weighted by molar-refractivity contribution is 6.01. The fraction of sp³-hybridized carbons (Fsp3) is 0.348. The molecule has 9 nitrogen and oxygen atoms in total. The van der Waals surface area contributed by atoms with Gasteiger partial charge in [-0.3, -0.25) is 14.4 Å². The van der Waals surface area contributed by atoms with E-state index in [-0.39, 0.29) is 36.4 Å². The molecule has 0 aromatic heterocycles. The first-order valence-electron chi connectivity index (χ1n) is 10.3. The Morgan fingerprint density at radius 2 is 1.88 bits per heavy atom. The number of rotatable bonds is 9. The second-order valence-electron chi connectivity index (χ2n) is 7.39. The third-order valence-corrected chi connectivity index (χ3v) is 5.22. The number of carbonyl (C=O) groups is 3. The van der Waals surface area contributed by atoms with Gasteiger partial charge in [0.05, 0.1) is 25.8 Å². The highest BCUT2D eigenvalue weighted by Gasteiger charge is 2.36. The molecule has 1 saturated heterocycles. The fourth-order valence-electron chi connectivity index (χ4n) is 3.52. The summed E-state index contributed by atoms with van der Waals surface area (Å²) >= 11 is 0. The predicted molar refractivity (Wildman–Crippen MR) is 118 cm³/mol. The standard InChI is InChI=1S/C23H27N3O6/c1-31-18-7-8-20(32-2)19(13-18)26-14-16(12-21(26)28)23(30)25-10-4-9-24-22(29)15-5-3-6-17(27)11-15/h3,5-8,11,13,16,27H,4,9-10,12,14H2,1-2H3,(H,24,29)(H,25,30). The number of nitrogens with one attached hydrogen (secondary N) is 2. The Kier molecular flexibility index (Phi) is 7.54. The molecule has 0 spiro atoms. The molecule has 0 bridgehead atoms. The maximum atomic E-state index is 12.6. The van der Waals surface area contributed by atoms with Crippen LogP contribution < -0.4 is 25.0 Å². The summed E-state index contributed by atoms with van der Waals surface area (Å²) in [6, 6.07) is 11.3. The van der Waals surface area contributed by atoms with Crippen LogP contribution in [-0.4, -0.2) is 56.7 Å². The lowest BCUT2D eigenvalue weighted by atomic mass is 10.1. The number of benzene rings is 2. The first-order valence-corrected chi connectivity index (χ1v) is 10.3. The van der Waals surface area contributed by atoms with Crippen LogP contribution in [0.2, 0.25) is 0 Å². The van der Waals surface area contributed by atoms with Crippen molar-refractivity contribution in [2.45, 2.75) is 12.8 Å². The van der Waals surface area contributed by atoms with Crippen molar-refractivity contribution in [3.05, 3.63) is 48.0 Å². The lowest BCUT2D eigenvalue weighted by Crippen LogP contribution is -2.35. The van der Waals surface area contributed by atoms with Crippen molar-refractivity contribution in [3.63, 3.8) is 0 Å². The Bertz CT molecular complexity index is 993. The number of amides is 3. The number of hydrogen-bond acceptors (Lipinski definition) is 6. The second kappa shape index (κ2) is 10.5. The van der Waals surface area contributed by atoms with Gasteiger partial charge in [0.15, 0.2) is 0 Å². The van der Waals surface area contributed by atoms with Gasteiger partial charge < -0.3 is 30.1 Å². The van der Waals surface area contributed by atoms with Gasteiger partial charge in [-0.25, -0.2) is 0 Å². The Hall–Kier alpha value is -3.75. The summed E-state index contributed by atoms with van der Waals surface area (Å²) in [6.07, 6.45) is 0.644. The lowest BCUT2D eigenvalue weighted by molar-refractivity contribution is -0.126. The molecule has 3 N–H and O–H groups in total. The van der Waals surface area contributed by atoms with Crippen molar-refractivity contribution in [2.75, 3.05) is 38.8 Å². The molecule has 0 aliphatic carbocycles. The summed E-state index contributed by atoms with van der Waals surface area (Å²) in [6.45, 7) is 0.986. The van der Waals surface area contributed by atoms with Crippen molar-refractivity contribution in [1.82, 2.24) is 10.6 Å². The number of phenols is 1. The van der Waals surface area contributed by atoms with Gasteiger partial charge in [0.1, 0.15) is 17.2 Å². The number of phenolic OH excluding ortho intramolecular Hbond substituents is 1. The summed E-state index contributed by atoms with van der Waals surface area (Å²) in [7, 11) is 3.06. The van der Waals surface area contributed by atoms with Crippen LogP contribution in [0.1, 0.15) is 23.2 Å². The topological polar surface area (TPSA) is 117 Å². The van der Waals surface area contributed by atoms with Gasteiger partial charge >= 0.3 is 0 Å². The molecule has 2 aromatic carbocycles. The fourth-order valence-corrected chi connectivity index (χ4v) is 3.52. The van der Waals surface area contributed by atoms with Gasteiger partial charge in [0.2, 0.25) is 11.8 Å². The number of carbonyl (C=O) groups excluding carboxylic acids is 3. The summed E-state index contributed by atoms with van der Waals surface area (Å²) in [5, 5.41) is 15.0. The van der Waals surface area contributed by atoms with Crippen molar-refractivity contribution < 1.29 is 29.0 Å². The van der Waals surface area contributed by atoms with E-state index < -0.39 is 5.92 Å². The normalized spacial score (nSPS) is 15.4. The highest BCUT2D eigenvalue weighted by Crippen LogP contribution is 2.36. The SMILES string of the molecule is COc1ccc(OC)c(N2CC(C(=O)NCCCNC(=O)c3cccc(O)c3)CC2=O)c1. The molecular formula is C23H27N3O6. The van der Waals surface area contributed by atoms with Crippen LogP contribution >= 0.6 is 0 Å². The van der Waals surface area contributed by atoms with Crippen LogP contribution in [0.5, 0.6) is 17.2 Å². The summed E-state index contributed by atoms with van der Waals surface area (Å²) in [5.41, 5.74) is 0.938. The Morgan fingerprint density at radius 1 is 1.09 bits per heavy atom. The van der Waals surface area contributed by atoms with Gasteiger partial charge in [-0.2, -0.15) is 0 Å². The zero-order valence-electron chi connectivity index (χ0n) is 18.1. The zero-order valence-corrected chi connectivity index (χ0v) is 18.1. The van der Waals surface area contributed by atoms with E-state index in [1.165, 1.54) is 19.2 Å². The van der Waals surface area contributed by atoms with E-state index in [2.05, 4.69) is 10.6 Å². The molecule has 1 aliphatic heterocycles. The molecule has 170 valence electrons. The Labute approximate surface area is 186 Å². The molecule has 1 heterocycles. The smallest absolute Gasteiger partial charge is 0.251 e. The number of hydrogen-bond donors (Lipinski definition) is 3. The number of ether oxygens (including phenoxy) is 2. The molecule has 0 radical (unpaired) electrons. The molecule has 9 heteroatoms. The minimum absolute atomic E-state index is 0.0247. The monoisotopic (exact) mass is 441 g/mol. The van der Waals surface area contributed by atoms with Crippen LogP contribution in [-0.2, 0) is 9.59 Å². The molecule has 2 aromatic rings. The van der Waals surface area contributed by atoms with E-state index in [1.807, 2.05) is 0 Å². The molecule has 32 heavy (non-hydrogen) atoms. The van der Waals surface area contributed by atoms with Gasteiger partial charge in [-0.1, -0.05) is 6.07 Å². The summed E-state index contributed by atoms with van der Waals surface area (Å²) in [4.78, 5) is 38.7. The molecule has 3 amide bonds. The van der Waals surface area contributed by atoms with Crippen LogP contribution in [0.25, 0.3) is 0 Å². The van der Waals surface area contributed by atoms with E-state index >= 15 is 0 Å². The van der Waals surface area contributed by atoms with Crippen molar-refractivity contribution in [1.29, 1.82) is 0 Å². The lowest BCUT2D eigenvalue weighted by Gasteiger charge is -2.20. The summed E-state index contributed by atoms with van der Waals surface area (Å²) < 4.78 is 10.6. The molecule has 1 fully saturated rings. The van der Waals surface area contributed by atoms with Crippen LogP contribution in [0.3, 0.4) is 0 Å². The van der Waals surface area contributed by atoms with Crippen LogP contribution in [0.15, 0.2) is 42.5 Å². The number of aromatic hydroxyl groups is 1. The Morgan fingerprint density at radius 3 is 2.59 bits per heavy atom. The molecular weight excluding hydrogens is 414 g/mol. The van der Waals surface area contributed by atoms with E-state index in [0.717, 1.165) is 0 Å². The van der Waals surface area contributed by atoms with Gasteiger partial charge in [-0.15, -0.1) is 0 Å². The van der Waals surface area contributed by atoms with Crippen molar-refractivity contribution in [3.8, 4) is 17.2 Å². The quantitative estimate of drug-likeness (QED) is 0.510. The number of anilines is 1. The van der Waals surface area contributed by atoms with E-state index in [0.29, 0.717) is 42.3 Å². The van der Waals surface area contributed by atoms with Gasteiger partial charge in [0.25, 0.3) is 5.91 Å². The maximum Gasteiger partial charge on any atom is 0.251 e. The third kappa shape index (κ3) is 5.48. The Balaban J connectivity index is 1.46. The highest BCUT2D eigenvalue weighted by atomic mass is 16.5. The first kappa shape index (κ1) is 22.9. The molecule has 1 unspecified atom stereocenters. The zero-order chi connectivity index (χ0) is 23.1. The second-order valence-corrected chi connectivity index (χ2v) is 7.39. The average molecular weight is 441 g/mol. The first-order chi connectivity index (χ1) is 15.4. The third-order valence-electron chi connectivity index (χ3n) is 5.22. The van der Waals surface area contributed by atoms with Crippen molar-refractivity contribution >= 4 is 23.4 Å². The largest absolute Gasteiger partial charge is 0.508 e. The molecule has 1 atom stereocenters. The van der Waals surface area contributed by atoms with Gasteiger partial charge in [0, 0.05) is 37.7 Å². The number of methoxy groups -OCH3 is 2. The molecule has 3 rings (SSSR count). The number of nitrogens with zero attached hydrogens (tertiary/aromatic N) is 1. The minimum atomic E-state index is -0.472. The summed E-state index contributed by atoms with van der Waals surface area (Å²) in [5.74, 6) is 0.0162. The van der Waals surface area contributed by atoms with E-state index in [1.54, 1.807) is 42.3 Å². The van der Waals surface area contributed by atoms with E-state index in [4.69, 9.17) is 9.47 Å². The predicted octanol–water partition coefficient (Wildman–Crippen LogP) is 1.70. The van der Waals surface area contributed by atoms with Crippen LogP contribution in [0, 0.1) is 5.92 Å².